The maximum Gasteiger partial charge on any atom is 0.237 e. The molecule has 198 valence electrons. The summed E-state index contributed by atoms with van der Waals surface area (Å²) in [5, 5.41) is 0. The minimum Gasteiger partial charge on any atom is -0.120 e. The Balaban J connectivity index is 0.000000281. The van der Waals surface area contributed by atoms with E-state index in [2.05, 4.69) is 90.1 Å². The summed E-state index contributed by atoms with van der Waals surface area (Å²) in [6.07, 6.45) is 0. The minimum atomic E-state index is -5.07. The van der Waals surface area contributed by atoms with Crippen LogP contribution in [0.15, 0.2) is 87.5 Å². The largest absolute Gasteiger partial charge is 0.237 e. The maximum absolute atomic E-state index is 12.3. The fourth-order valence-electron chi connectivity index (χ4n) is 3.23. The van der Waals surface area contributed by atoms with Gasteiger partial charge >= 0.3 is 0 Å². The molecule has 0 saturated carbocycles. The van der Waals surface area contributed by atoms with Gasteiger partial charge in [0.25, 0.3) is 0 Å². The first kappa shape index (κ1) is 30.7. The van der Waals surface area contributed by atoms with Gasteiger partial charge in [0.15, 0.2) is 0 Å². The summed E-state index contributed by atoms with van der Waals surface area (Å²) in [5.74, 6) is 0. The van der Waals surface area contributed by atoms with Crippen molar-refractivity contribution in [2.45, 2.75) is 93.2 Å². The van der Waals surface area contributed by atoms with Crippen molar-refractivity contribution in [3.8, 4) is 0 Å². The van der Waals surface area contributed by atoms with Gasteiger partial charge in [0.1, 0.15) is 0 Å². The molecule has 3 aromatic carbocycles. The highest BCUT2D eigenvalue weighted by atomic mass is 33.1. The molecular weight excluding hydrogens is 514 g/mol. The SMILES string of the molecule is CC(C)(C)c1ccc(S(F)(F)F)cc1.CC(C)(C)c1ccc(SSc2ccc(C(C)(C)C)cc2)cc1. The number of hydrogen-bond donors (Lipinski definition) is 0. The molecule has 0 atom stereocenters. The third-order valence-corrected chi connectivity index (χ3v) is 8.89. The second-order valence-electron chi connectivity index (χ2n) is 11.9. The van der Waals surface area contributed by atoms with Crippen LogP contribution in [0.3, 0.4) is 0 Å². The number of hydrogen-bond acceptors (Lipinski definition) is 2. The molecule has 0 aliphatic heterocycles. The van der Waals surface area contributed by atoms with Crippen molar-refractivity contribution in [1.82, 2.24) is 0 Å². The van der Waals surface area contributed by atoms with Gasteiger partial charge in [-0.3, -0.25) is 0 Å². The molecule has 0 heterocycles. The first-order chi connectivity index (χ1) is 16.4. The van der Waals surface area contributed by atoms with Gasteiger partial charge in [-0.1, -0.05) is 120 Å². The molecule has 0 radical (unpaired) electrons. The van der Waals surface area contributed by atoms with Gasteiger partial charge in [-0.05, 0) is 69.3 Å². The zero-order valence-corrected chi connectivity index (χ0v) is 25.2. The van der Waals surface area contributed by atoms with Crippen LogP contribution in [0.2, 0.25) is 0 Å². The molecule has 0 nitrogen and oxygen atoms in total. The third-order valence-electron chi connectivity index (χ3n) is 5.66. The molecule has 0 N–H and O–H groups in total. The molecule has 36 heavy (non-hydrogen) atoms. The highest BCUT2D eigenvalue weighted by Gasteiger charge is 2.24. The van der Waals surface area contributed by atoms with E-state index in [4.69, 9.17) is 0 Å². The van der Waals surface area contributed by atoms with Crippen molar-refractivity contribution in [2.75, 3.05) is 0 Å². The van der Waals surface area contributed by atoms with E-state index in [0.717, 1.165) is 17.7 Å². The van der Waals surface area contributed by atoms with E-state index in [1.165, 1.54) is 20.9 Å². The summed E-state index contributed by atoms with van der Waals surface area (Å²) in [4.78, 5) is 2.10. The molecule has 3 rings (SSSR count). The smallest absolute Gasteiger partial charge is 0.120 e. The van der Waals surface area contributed by atoms with Crippen LogP contribution < -0.4 is 0 Å². The van der Waals surface area contributed by atoms with Crippen LogP contribution in [0.25, 0.3) is 0 Å². The van der Waals surface area contributed by atoms with Crippen molar-refractivity contribution in [2.24, 2.45) is 0 Å². The van der Waals surface area contributed by atoms with Gasteiger partial charge < -0.3 is 0 Å². The molecule has 3 aromatic rings. The summed E-state index contributed by atoms with van der Waals surface area (Å²) in [7, 11) is 3.65. The molecule has 6 heteroatoms. The Morgan fingerprint density at radius 2 is 0.694 bits per heavy atom. The second-order valence-corrected chi connectivity index (χ2v) is 15.5. The Kier molecular flexibility index (Phi) is 10.2. The number of halogens is 3. The van der Waals surface area contributed by atoms with E-state index in [9.17, 15) is 11.7 Å². The fraction of sp³-hybridized carbons (Fsp3) is 0.400. The third kappa shape index (κ3) is 9.75. The van der Waals surface area contributed by atoms with Crippen LogP contribution in [0, 0.1) is 0 Å². The number of benzene rings is 3. The van der Waals surface area contributed by atoms with E-state index in [-0.39, 0.29) is 16.2 Å². The Morgan fingerprint density at radius 3 is 0.917 bits per heavy atom. The zero-order valence-electron chi connectivity index (χ0n) is 22.8. The van der Waals surface area contributed by atoms with E-state index in [1.54, 1.807) is 12.1 Å². The molecule has 0 bridgehead atoms. The molecule has 0 aromatic heterocycles. The van der Waals surface area contributed by atoms with Gasteiger partial charge in [0.05, 0.1) is 4.90 Å². The summed E-state index contributed by atoms with van der Waals surface area (Å²) < 4.78 is 36.9. The fourth-order valence-corrected chi connectivity index (χ4v) is 5.60. The molecule has 0 fully saturated rings. The van der Waals surface area contributed by atoms with Crippen molar-refractivity contribution in [3.63, 3.8) is 0 Å². The normalized spacial score (nSPS) is 13.1. The molecule has 0 spiro atoms. The van der Waals surface area contributed by atoms with Crippen LogP contribution >= 0.6 is 32.8 Å². The Bertz CT molecular complexity index is 989. The highest BCUT2D eigenvalue weighted by Crippen LogP contribution is 2.60. The van der Waals surface area contributed by atoms with Gasteiger partial charge in [0.2, 0.25) is 11.2 Å². The van der Waals surface area contributed by atoms with E-state index in [1.807, 2.05) is 42.4 Å². The van der Waals surface area contributed by atoms with E-state index < -0.39 is 16.1 Å². The van der Waals surface area contributed by atoms with Crippen molar-refractivity contribution in [3.05, 3.63) is 89.5 Å². The summed E-state index contributed by atoms with van der Waals surface area (Å²) >= 11 is -5.07. The first-order valence-corrected chi connectivity index (χ1v) is 15.4. The molecule has 0 amide bonds. The average Bonchev–Trinajstić information content (AvgIpc) is 2.76. The summed E-state index contributed by atoms with van der Waals surface area (Å²) in [6.45, 7) is 19.4. The lowest BCUT2D eigenvalue weighted by molar-refractivity contribution is 0.588. The Hall–Kier alpha value is -1.50. The second kappa shape index (κ2) is 11.9. The standard InChI is InChI=1S/C20H26S2.C10H13F3S/c1-19(2,3)15-7-11-17(12-8-15)21-22-18-13-9-16(10-14-18)20(4,5)6;1-10(2,3)8-4-6-9(7-5-8)14(11,12)13/h7-14H,1-6H3;4-7H,1-3H3. The van der Waals surface area contributed by atoms with Crippen LogP contribution in [0.4, 0.5) is 11.7 Å². The maximum atomic E-state index is 12.3. The molecule has 0 aliphatic rings. The minimum absolute atomic E-state index is 0.0978. The predicted molar refractivity (Wildman–Crippen MR) is 156 cm³/mol. The summed E-state index contributed by atoms with van der Waals surface area (Å²) in [6, 6.07) is 23.3. The highest BCUT2D eigenvalue weighted by molar-refractivity contribution is 8.76. The monoisotopic (exact) mass is 552 g/mol. The van der Waals surface area contributed by atoms with E-state index >= 15 is 0 Å². The van der Waals surface area contributed by atoms with Gasteiger partial charge in [-0.2, -0.15) is 0 Å². The van der Waals surface area contributed by atoms with Gasteiger partial charge in [-0.25, -0.2) is 0 Å². The van der Waals surface area contributed by atoms with Crippen molar-refractivity contribution >= 4 is 32.8 Å². The molecular formula is C30H39F3S3. The lowest BCUT2D eigenvalue weighted by Gasteiger charge is -2.19. The Labute approximate surface area is 226 Å². The molecule has 0 saturated heterocycles. The summed E-state index contributed by atoms with van der Waals surface area (Å²) in [5.41, 5.74) is 4.04. The average molecular weight is 553 g/mol. The van der Waals surface area contributed by atoms with Gasteiger partial charge in [-0.15, -0.1) is 11.7 Å². The van der Waals surface area contributed by atoms with Crippen molar-refractivity contribution in [1.29, 1.82) is 0 Å². The topological polar surface area (TPSA) is 0 Å². The van der Waals surface area contributed by atoms with Crippen LogP contribution in [-0.2, 0) is 16.2 Å². The lowest BCUT2D eigenvalue weighted by atomic mass is 9.87. The quantitative estimate of drug-likeness (QED) is 0.295. The van der Waals surface area contributed by atoms with Gasteiger partial charge in [0, 0.05) is 9.79 Å². The molecule has 0 unspecified atom stereocenters. The Morgan fingerprint density at radius 1 is 0.444 bits per heavy atom. The van der Waals surface area contributed by atoms with Crippen LogP contribution in [0.1, 0.15) is 79.0 Å². The van der Waals surface area contributed by atoms with E-state index in [0.29, 0.717) is 0 Å². The van der Waals surface area contributed by atoms with Crippen LogP contribution in [-0.4, -0.2) is 0 Å². The molecule has 0 aliphatic carbocycles. The van der Waals surface area contributed by atoms with Crippen LogP contribution in [0.5, 0.6) is 0 Å². The first-order valence-electron chi connectivity index (χ1n) is 12.0. The number of rotatable bonds is 4. The predicted octanol–water partition coefficient (Wildman–Crippen LogP) is 11.9. The van der Waals surface area contributed by atoms with Crippen molar-refractivity contribution < 1.29 is 11.7 Å². The zero-order chi connectivity index (χ0) is 27.4. The lowest BCUT2D eigenvalue weighted by Crippen LogP contribution is -2.10.